The molecular formula is C22H28N2O3. The average molecular weight is 368 g/mol. The fourth-order valence-corrected chi connectivity index (χ4v) is 3.87. The summed E-state index contributed by atoms with van der Waals surface area (Å²) in [5.74, 6) is 0.775. The molecule has 0 saturated carbocycles. The first-order valence-electron chi connectivity index (χ1n) is 9.41. The molecule has 0 aliphatic carbocycles. The van der Waals surface area contributed by atoms with Crippen molar-refractivity contribution < 1.29 is 14.6 Å². The second kappa shape index (κ2) is 8.55. The van der Waals surface area contributed by atoms with Gasteiger partial charge in [0.15, 0.2) is 0 Å². The van der Waals surface area contributed by atoms with E-state index >= 15 is 0 Å². The van der Waals surface area contributed by atoms with Crippen LogP contribution in [0, 0.1) is 0 Å². The van der Waals surface area contributed by atoms with E-state index in [1.165, 1.54) is 0 Å². The molecule has 0 aromatic heterocycles. The number of aliphatic hydroxyl groups excluding tert-OH is 1. The van der Waals surface area contributed by atoms with Gasteiger partial charge in [0.2, 0.25) is 5.91 Å². The number of hydrogen-bond acceptors (Lipinski definition) is 4. The molecule has 1 aliphatic heterocycles. The Morgan fingerprint density at radius 2 is 1.78 bits per heavy atom. The molecule has 1 saturated heterocycles. The van der Waals surface area contributed by atoms with E-state index in [-0.39, 0.29) is 11.4 Å². The first kappa shape index (κ1) is 19.4. The largest absolute Gasteiger partial charge is 0.497 e. The van der Waals surface area contributed by atoms with Crippen LogP contribution in [-0.2, 0) is 10.3 Å². The van der Waals surface area contributed by atoms with Crippen LogP contribution in [0.5, 0.6) is 5.75 Å². The van der Waals surface area contributed by atoms with Crippen LogP contribution in [0.2, 0.25) is 0 Å². The molecule has 1 atom stereocenters. The number of aliphatic hydroxyl groups is 1. The van der Waals surface area contributed by atoms with Crippen molar-refractivity contribution in [1.29, 1.82) is 0 Å². The molecule has 1 heterocycles. The van der Waals surface area contributed by atoms with Gasteiger partial charge in [0.05, 0.1) is 18.8 Å². The minimum Gasteiger partial charge on any atom is -0.497 e. The molecule has 5 heteroatoms. The van der Waals surface area contributed by atoms with E-state index in [0.717, 1.165) is 42.8 Å². The Balaban J connectivity index is 1.64. The van der Waals surface area contributed by atoms with E-state index in [0.29, 0.717) is 6.54 Å². The number of β-amino-alcohol motifs (C(OH)–C–C–N with tert-alkyl or cyclic N) is 1. The SMILES string of the molecule is COc1ccc(C(O)CN2CCC(NC(C)=O)(c3ccccc3)CC2)cc1. The van der Waals surface area contributed by atoms with Gasteiger partial charge in [-0.3, -0.25) is 4.79 Å². The Morgan fingerprint density at radius 3 is 2.33 bits per heavy atom. The number of rotatable bonds is 6. The van der Waals surface area contributed by atoms with Gasteiger partial charge in [0.1, 0.15) is 5.75 Å². The van der Waals surface area contributed by atoms with Crippen LogP contribution < -0.4 is 10.1 Å². The summed E-state index contributed by atoms with van der Waals surface area (Å²) in [6.45, 7) is 3.80. The lowest BCUT2D eigenvalue weighted by molar-refractivity contribution is -0.121. The van der Waals surface area contributed by atoms with Crippen LogP contribution in [-0.4, -0.2) is 42.7 Å². The highest BCUT2D eigenvalue weighted by atomic mass is 16.5. The normalized spacial score (nSPS) is 17.9. The molecule has 0 spiro atoms. The minimum atomic E-state index is -0.541. The summed E-state index contributed by atoms with van der Waals surface area (Å²) in [6.07, 6.45) is 1.11. The second-order valence-electron chi connectivity index (χ2n) is 7.22. The third-order valence-electron chi connectivity index (χ3n) is 5.38. The molecule has 1 fully saturated rings. The van der Waals surface area contributed by atoms with Crippen molar-refractivity contribution in [3.05, 3.63) is 65.7 Å². The maximum Gasteiger partial charge on any atom is 0.217 e. The highest BCUT2D eigenvalue weighted by molar-refractivity contribution is 5.74. The summed E-state index contributed by atoms with van der Waals surface area (Å²) < 4.78 is 5.17. The van der Waals surface area contributed by atoms with Crippen LogP contribution in [0.15, 0.2) is 54.6 Å². The van der Waals surface area contributed by atoms with Crippen molar-refractivity contribution in [2.75, 3.05) is 26.7 Å². The van der Waals surface area contributed by atoms with E-state index < -0.39 is 6.10 Å². The summed E-state index contributed by atoms with van der Waals surface area (Å²) in [5, 5.41) is 13.8. The van der Waals surface area contributed by atoms with Crippen LogP contribution in [0.4, 0.5) is 0 Å². The molecule has 0 bridgehead atoms. The number of carbonyl (C=O) groups excluding carboxylic acids is 1. The quantitative estimate of drug-likeness (QED) is 0.823. The Labute approximate surface area is 161 Å². The molecule has 2 aromatic rings. The van der Waals surface area contributed by atoms with Gasteiger partial charge in [-0.2, -0.15) is 0 Å². The molecule has 0 radical (unpaired) electrons. The highest BCUT2D eigenvalue weighted by Crippen LogP contribution is 2.33. The van der Waals surface area contributed by atoms with Crippen molar-refractivity contribution >= 4 is 5.91 Å². The fourth-order valence-electron chi connectivity index (χ4n) is 3.87. The van der Waals surface area contributed by atoms with Gasteiger partial charge >= 0.3 is 0 Å². The van der Waals surface area contributed by atoms with Crippen LogP contribution in [0.3, 0.4) is 0 Å². The van der Waals surface area contributed by atoms with Crippen LogP contribution >= 0.6 is 0 Å². The Bertz CT molecular complexity index is 738. The number of nitrogens with one attached hydrogen (secondary N) is 1. The molecule has 1 aliphatic rings. The van der Waals surface area contributed by atoms with Crippen molar-refractivity contribution in [1.82, 2.24) is 10.2 Å². The highest BCUT2D eigenvalue weighted by Gasteiger charge is 2.37. The summed E-state index contributed by atoms with van der Waals surface area (Å²) in [4.78, 5) is 14.1. The van der Waals surface area contributed by atoms with Gasteiger partial charge in [0.25, 0.3) is 0 Å². The molecular weight excluding hydrogens is 340 g/mol. The molecule has 144 valence electrons. The van der Waals surface area contributed by atoms with Crippen molar-refractivity contribution in [3.8, 4) is 5.75 Å². The number of methoxy groups -OCH3 is 1. The number of piperidine rings is 1. The topological polar surface area (TPSA) is 61.8 Å². The van der Waals surface area contributed by atoms with Gasteiger partial charge in [-0.05, 0) is 36.1 Å². The third-order valence-corrected chi connectivity index (χ3v) is 5.38. The summed E-state index contributed by atoms with van der Waals surface area (Å²) in [7, 11) is 1.63. The predicted molar refractivity (Wildman–Crippen MR) is 106 cm³/mol. The molecule has 1 amide bonds. The lowest BCUT2D eigenvalue weighted by atomic mass is 9.80. The molecule has 5 nitrogen and oxygen atoms in total. The fraction of sp³-hybridized carbons (Fsp3) is 0.409. The van der Waals surface area contributed by atoms with E-state index in [4.69, 9.17) is 4.74 Å². The maximum absolute atomic E-state index is 11.8. The zero-order valence-electron chi connectivity index (χ0n) is 16.0. The standard InChI is InChI=1S/C22H28N2O3/c1-17(25)23-22(19-6-4-3-5-7-19)12-14-24(15-13-22)16-21(26)18-8-10-20(27-2)11-9-18/h3-11,21,26H,12-16H2,1-2H3,(H,23,25). The lowest BCUT2D eigenvalue weighted by Gasteiger charge is -2.43. The Kier molecular flexibility index (Phi) is 6.14. The monoisotopic (exact) mass is 368 g/mol. The van der Waals surface area contributed by atoms with E-state index in [2.05, 4.69) is 22.3 Å². The molecule has 1 unspecified atom stereocenters. The average Bonchev–Trinajstić information content (AvgIpc) is 2.70. The minimum absolute atomic E-state index is 0.00873. The zero-order valence-corrected chi connectivity index (χ0v) is 16.0. The van der Waals surface area contributed by atoms with E-state index in [1.807, 2.05) is 42.5 Å². The van der Waals surface area contributed by atoms with Gasteiger partial charge < -0.3 is 20.1 Å². The summed E-state index contributed by atoms with van der Waals surface area (Å²) >= 11 is 0. The number of benzene rings is 2. The van der Waals surface area contributed by atoms with Gasteiger partial charge in [-0.1, -0.05) is 42.5 Å². The Morgan fingerprint density at radius 1 is 1.15 bits per heavy atom. The number of carbonyl (C=O) groups is 1. The number of likely N-dealkylation sites (tertiary alicyclic amines) is 1. The smallest absolute Gasteiger partial charge is 0.217 e. The van der Waals surface area contributed by atoms with Gasteiger partial charge in [0, 0.05) is 26.6 Å². The molecule has 27 heavy (non-hydrogen) atoms. The predicted octanol–water partition coefficient (Wildman–Crippen LogP) is 2.86. The van der Waals surface area contributed by atoms with Crippen LogP contribution in [0.1, 0.15) is 37.0 Å². The molecule has 3 rings (SSSR count). The zero-order chi connectivity index (χ0) is 19.3. The lowest BCUT2D eigenvalue weighted by Crippen LogP contribution is -2.53. The first-order chi connectivity index (χ1) is 13.0. The molecule has 2 N–H and O–H groups in total. The van der Waals surface area contributed by atoms with E-state index in [9.17, 15) is 9.90 Å². The van der Waals surface area contributed by atoms with E-state index in [1.54, 1.807) is 14.0 Å². The van der Waals surface area contributed by atoms with Crippen molar-refractivity contribution in [3.63, 3.8) is 0 Å². The number of nitrogens with zero attached hydrogens (tertiary/aromatic N) is 1. The second-order valence-corrected chi connectivity index (χ2v) is 7.22. The van der Waals surface area contributed by atoms with Gasteiger partial charge in [-0.15, -0.1) is 0 Å². The first-order valence-corrected chi connectivity index (χ1v) is 9.41. The number of amides is 1. The summed E-state index contributed by atoms with van der Waals surface area (Å²) in [6, 6.07) is 17.7. The third kappa shape index (κ3) is 4.67. The van der Waals surface area contributed by atoms with Crippen LogP contribution in [0.25, 0.3) is 0 Å². The maximum atomic E-state index is 11.8. The van der Waals surface area contributed by atoms with Crippen molar-refractivity contribution in [2.45, 2.75) is 31.4 Å². The number of ether oxygens (including phenoxy) is 1. The Hall–Kier alpha value is -2.37. The number of hydrogen-bond donors (Lipinski definition) is 2. The van der Waals surface area contributed by atoms with Crippen molar-refractivity contribution in [2.24, 2.45) is 0 Å². The summed E-state index contributed by atoms with van der Waals surface area (Å²) in [5.41, 5.74) is 1.71. The molecule has 2 aromatic carbocycles. The van der Waals surface area contributed by atoms with Gasteiger partial charge in [-0.25, -0.2) is 0 Å².